The SMILES string of the molecule is COc1cc(S(=O)O)ccc1O. The summed E-state index contributed by atoms with van der Waals surface area (Å²) in [6.45, 7) is 0. The molecule has 0 radical (unpaired) electrons. The molecule has 2 N–H and O–H groups in total. The first-order valence-corrected chi connectivity index (χ1v) is 4.23. The number of aromatic hydroxyl groups is 1. The van der Waals surface area contributed by atoms with Crippen LogP contribution in [-0.4, -0.2) is 21.0 Å². The van der Waals surface area contributed by atoms with Crippen LogP contribution in [-0.2, 0) is 11.1 Å². The zero-order chi connectivity index (χ0) is 9.14. The lowest BCUT2D eigenvalue weighted by Crippen LogP contribution is -1.90. The zero-order valence-electron chi connectivity index (χ0n) is 6.35. The fraction of sp³-hybridized carbons (Fsp3) is 0.143. The summed E-state index contributed by atoms with van der Waals surface area (Å²) in [4.78, 5) is 0.199. The van der Waals surface area contributed by atoms with Crippen LogP contribution in [0.1, 0.15) is 0 Å². The summed E-state index contributed by atoms with van der Waals surface area (Å²) in [5.74, 6) is 0.140. The number of benzene rings is 1. The van der Waals surface area contributed by atoms with E-state index in [9.17, 15) is 4.21 Å². The van der Waals surface area contributed by atoms with Crippen LogP contribution in [0.2, 0.25) is 0 Å². The highest BCUT2D eigenvalue weighted by molar-refractivity contribution is 7.79. The predicted octanol–water partition coefficient (Wildman–Crippen LogP) is 0.981. The van der Waals surface area contributed by atoms with Crippen molar-refractivity contribution in [3.8, 4) is 11.5 Å². The Morgan fingerprint density at radius 1 is 1.50 bits per heavy atom. The molecule has 1 unspecified atom stereocenters. The molecule has 5 heteroatoms. The molecule has 0 amide bonds. The Labute approximate surface area is 72.1 Å². The van der Waals surface area contributed by atoms with E-state index in [0.717, 1.165) is 0 Å². The molecule has 0 aliphatic heterocycles. The summed E-state index contributed by atoms with van der Waals surface area (Å²) < 4.78 is 24.0. The molecule has 0 heterocycles. The van der Waals surface area contributed by atoms with Crippen LogP contribution >= 0.6 is 0 Å². The Balaban J connectivity index is 3.13. The number of ether oxygens (including phenoxy) is 1. The van der Waals surface area contributed by atoms with Gasteiger partial charge in [-0.1, -0.05) is 0 Å². The molecule has 0 aliphatic rings. The quantitative estimate of drug-likeness (QED) is 0.679. The Morgan fingerprint density at radius 3 is 2.67 bits per heavy atom. The molecule has 0 saturated heterocycles. The monoisotopic (exact) mass is 188 g/mol. The van der Waals surface area contributed by atoms with E-state index in [1.54, 1.807) is 0 Å². The molecule has 0 saturated carbocycles. The maximum Gasteiger partial charge on any atom is 0.186 e. The van der Waals surface area contributed by atoms with Gasteiger partial charge >= 0.3 is 0 Å². The van der Waals surface area contributed by atoms with E-state index in [2.05, 4.69) is 0 Å². The van der Waals surface area contributed by atoms with E-state index < -0.39 is 11.1 Å². The van der Waals surface area contributed by atoms with Crippen LogP contribution < -0.4 is 4.74 Å². The molecule has 66 valence electrons. The third kappa shape index (κ3) is 1.75. The topological polar surface area (TPSA) is 66.8 Å². The van der Waals surface area contributed by atoms with Gasteiger partial charge in [0.1, 0.15) is 0 Å². The van der Waals surface area contributed by atoms with Crippen molar-refractivity contribution in [3.63, 3.8) is 0 Å². The minimum Gasteiger partial charge on any atom is -0.504 e. The first-order chi connectivity index (χ1) is 5.65. The molecular formula is C7H8O4S. The summed E-state index contributed by atoms with van der Waals surface area (Å²) in [5, 5.41) is 9.11. The van der Waals surface area contributed by atoms with Crippen LogP contribution in [0, 0.1) is 0 Å². The van der Waals surface area contributed by atoms with Gasteiger partial charge in [-0.2, -0.15) is 0 Å². The molecule has 1 aromatic carbocycles. The molecule has 0 bridgehead atoms. The number of hydrogen-bond donors (Lipinski definition) is 2. The highest BCUT2D eigenvalue weighted by atomic mass is 32.2. The average Bonchev–Trinajstić information content (AvgIpc) is 2.05. The minimum absolute atomic E-state index is 0.0494. The second-order valence-electron chi connectivity index (χ2n) is 2.08. The highest BCUT2D eigenvalue weighted by Crippen LogP contribution is 2.27. The number of rotatable bonds is 2. The summed E-state index contributed by atoms with van der Waals surface area (Å²) >= 11 is -2.04. The second-order valence-corrected chi connectivity index (χ2v) is 3.05. The standard InChI is InChI=1S/C7H8O4S/c1-11-7-4-5(12(9)10)2-3-6(7)8/h2-4,8H,1H3,(H,9,10). The van der Waals surface area contributed by atoms with Gasteiger partial charge in [-0.3, -0.25) is 0 Å². The van der Waals surface area contributed by atoms with Gasteiger partial charge in [-0.05, 0) is 12.1 Å². The molecule has 12 heavy (non-hydrogen) atoms. The van der Waals surface area contributed by atoms with Crippen molar-refractivity contribution in [2.75, 3.05) is 7.11 Å². The van der Waals surface area contributed by atoms with E-state index in [-0.39, 0.29) is 16.4 Å². The Morgan fingerprint density at radius 2 is 2.17 bits per heavy atom. The van der Waals surface area contributed by atoms with Gasteiger partial charge in [0.2, 0.25) is 0 Å². The van der Waals surface area contributed by atoms with Crippen molar-refractivity contribution < 1.29 is 18.6 Å². The number of methoxy groups -OCH3 is 1. The van der Waals surface area contributed by atoms with Gasteiger partial charge in [0.25, 0.3) is 0 Å². The summed E-state index contributed by atoms with van der Waals surface area (Å²) in [6.07, 6.45) is 0. The number of hydrogen-bond acceptors (Lipinski definition) is 3. The molecule has 4 nitrogen and oxygen atoms in total. The third-order valence-electron chi connectivity index (χ3n) is 1.35. The first-order valence-electron chi connectivity index (χ1n) is 3.13. The molecule has 1 rings (SSSR count). The highest BCUT2D eigenvalue weighted by Gasteiger charge is 2.05. The fourth-order valence-corrected chi connectivity index (χ4v) is 1.16. The maximum atomic E-state index is 10.6. The van der Waals surface area contributed by atoms with Gasteiger partial charge in [-0.15, -0.1) is 0 Å². The van der Waals surface area contributed by atoms with Crippen molar-refractivity contribution in [1.29, 1.82) is 0 Å². The van der Waals surface area contributed by atoms with Gasteiger partial charge in [0.15, 0.2) is 22.6 Å². The van der Waals surface area contributed by atoms with E-state index in [1.807, 2.05) is 0 Å². The van der Waals surface area contributed by atoms with Crippen molar-refractivity contribution in [2.24, 2.45) is 0 Å². The van der Waals surface area contributed by atoms with E-state index in [1.165, 1.54) is 25.3 Å². The normalized spacial score (nSPS) is 12.5. The zero-order valence-corrected chi connectivity index (χ0v) is 7.17. The first kappa shape index (κ1) is 9.02. The Kier molecular flexibility index (Phi) is 2.67. The van der Waals surface area contributed by atoms with Crippen molar-refractivity contribution in [1.82, 2.24) is 0 Å². The minimum atomic E-state index is -2.04. The van der Waals surface area contributed by atoms with Crippen LogP contribution in [0.15, 0.2) is 23.1 Å². The lowest BCUT2D eigenvalue weighted by Gasteiger charge is -2.03. The molecular weight excluding hydrogens is 180 g/mol. The van der Waals surface area contributed by atoms with Crippen molar-refractivity contribution in [2.45, 2.75) is 4.90 Å². The molecule has 0 aromatic heterocycles. The summed E-state index contributed by atoms with van der Waals surface area (Å²) in [7, 11) is 1.37. The maximum absolute atomic E-state index is 10.6. The smallest absolute Gasteiger partial charge is 0.186 e. The largest absolute Gasteiger partial charge is 0.504 e. The fourth-order valence-electron chi connectivity index (χ4n) is 0.767. The van der Waals surface area contributed by atoms with Crippen molar-refractivity contribution in [3.05, 3.63) is 18.2 Å². The molecule has 0 aliphatic carbocycles. The number of phenolic OH excluding ortho intramolecular Hbond substituents is 1. The van der Waals surface area contributed by atoms with E-state index >= 15 is 0 Å². The van der Waals surface area contributed by atoms with E-state index in [0.29, 0.717) is 0 Å². The summed E-state index contributed by atoms with van der Waals surface area (Å²) in [6, 6.07) is 3.97. The second kappa shape index (κ2) is 3.55. The molecule has 1 atom stereocenters. The predicted molar refractivity (Wildman–Crippen MR) is 43.7 cm³/mol. The molecule has 0 spiro atoms. The van der Waals surface area contributed by atoms with Crippen LogP contribution in [0.25, 0.3) is 0 Å². The van der Waals surface area contributed by atoms with E-state index in [4.69, 9.17) is 14.4 Å². The van der Waals surface area contributed by atoms with Crippen LogP contribution in [0.3, 0.4) is 0 Å². The van der Waals surface area contributed by atoms with Crippen LogP contribution in [0.5, 0.6) is 11.5 Å². The Bertz CT molecular complexity index is 310. The Hall–Kier alpha value is -1.07. The third-order valence-corrected chi connectivity index (χ3v) is 2.01. The van der Waals surface area contributed by atoms with Gasteiger partial charge in [0.05, 0.1) is 12.0 Å². The van der Waals surface area contributed by atoms with Crippen LogP contribution in [0.4, 0.5) is 0 Å². The van der Waals surface area contributed by atoms with Gasteiger partial charge in [0, 0.05) is 6.07 Å². The lowest BCUT2D eigenvalue weighted by atomic mass is 10.3. The van der Waals surface area contributed by atoms with Gasteiger partial charge in [-0.25, -0.2) is 4.21 Å². The lowest BCUT2D eigenvalue weighted by molar-refractivity contribution is 0.372. The van der Waals surface area contributed by atoms with Crippen molar-refractivity contribution >= 4 is 11.1 Å². The molecule has 0 fully saturated rings. The molecule has 1 aromatic rings. The average molecular weight is 188 g/mol. The summed E-state index contributed by atoms with van der Waals surface area (Å²) in [5.41, 5.74) is 0. The number of phenols is 1. The van der Waals surface area contributed by atoms with Gasteiger partial charge < -0.3 is 14.4 Å².